The Morgan fingerprint density at radius 2 is 1.77 bits per heavy atom. The molecular weight excluding hydrogens is 540 g/mol. The second kappa shape index (κ2) is 14.3. The molecule has 0 radical (unpaired) electrons. The van der Waals surface area contributed by atoms with E-state index in [1.807, 2.05) is 6.92 Å². The Balaban J connectivity index is 0.00000841. The zero-order valence-electron chi connectivity index (χ0n) is 17.3. The van der Waals surface area contributed by atoms with E-state index in [0.717, 1.165) is 25.7 Å². The van der Waals surface area contributed by atoms with Crippen molar-refractivity contribution in [3.8, 4) is 0 Å². The van der Waals surface area contributed by atoms with Gasteiger partial charge in [-0.3, -0.25) is 9.79 Å². The Morgan fingerprint density at radius 3 is 2.30 bits per heavy atom. The fourth-order valence-electron chi connectivity index (χ4n) is 2.93. The number of alkyl halides is 3. The molecule has 2 N–H and O–H groups in total. The van der Waals surface area contributed by atoms with Crippen LogP contribution in [0.4, 0.5) is 13.2 Å². The summed E-state index contributed by atoms with van der Waals surface area (Å²) in [6, 6.07) is -0.146. The topological polar surface area (TPSA) is 100 Å². The zero-order valence-corrected chi connectivity index (χ0v) is 20.5. The van der Waals surface area contributed by atoms with Gasteiger partial charge < -0.3 is 15.4 Å². The van der Waals surface area contributed by atoms with E-state index >= 15 is 0 Å². The van der Waals surface area contributed by atoms with Crippen molar-refractivity contribution in [1.29, 1.82) is 0 Å². The van der Waals surface area contributed by atoms with E-state index in [-0.39, 0.29) is 61.9 Å². The standard InChI is InChI=1S/C17H31F3N4O4S.HI/c1-3-21-16(22-11-7-5-4-6-8-15(25)28-2)23-14-9-12-24(13-10-14)29(26,27)17(18,19)20;/h14H,3-13H2,1-2H3,(H2,21,22,23);1H. The Morgan fingerprint density at radius 1 is 1.17 bits per heavy atom. The third-order valence-corrected chi connectivity index (χ3v) is 6.19. The normalized spacial score (nSPS) is 16.6. The van der Waals surface area contributed by atoms with Crippen LogP contribution in [0.2, 0.25) is 0 Å². The molecule has 1 aliphatic heterocycles. The highest BCUT2D eigenvalue weighted by Gasteiger charge is 2.50. The van der Waals surface area contributed by atoms with Gasteiger partial charge in [0.25, 0.3) is 0 Å². The maximum absolute atomic E-state index is 12.6. The molecule has 0 bridgehead atoms. The van der Waals surface area contributed by atoms with Crippen LogP contribution in [0.25, 0.3) is 0 Å². The molecule has 0 atom stereocenters. The number of methoxy groups -OCH3 is 1. The summed E-state index contributed by atoms with van der Waals surface area (Å²) in [7, 11) is -3.90. The first-order valence-electron chi connectivity index (χ1n) is 9.80. The number of rotatable bonds is 10. The summed E-state index contributed by atoms with van der Waals surface area (Å²) >= 11 is 0. The average molecular weight is 572 g/mol. The van der Waals surface area contributed by atoms with Crippen LogP contribution in [0.5, 0.6) is 0 Å². The molecule has 13 heteroatoms. The molecule has 178 valence electrons. The number of guanidine groups is 1. The molecular formula is C17H32F3IN4O4S. The quantitative estimate of drug-likeness (QED) is 0.137. The smallest absolute Gasteiger partial charge is 0.469 e. The van der Waals surface area contributed by atoms with E-state index < -0.39 is 15.5 Å². The van der Waals surface area contributed by atoms with Crippen molar-refractivity contribution < 1.29 is 31.1 Å². The molecule has 30 heavy (non-hydrogen) atoms. The molecule has 1 aliphatic rings. The summed E-state index contributed by atoms with van der Waals surface area (Å²) in [6.07, 6.45) is 4.40. The molecule has 1 heterocycles. The number of sulfonamides is 1. The first kappa shape index (κ1) is 29.2. The Bertz CT molecular complexity index is 639. The number of hydrogen-bond donors (Lipinski definition) is 2. The number of esters is 1. The van der Waals surface area contributed by atoms with Gasteiger partial charge in [-0.25, -0.2) is 8.42 Å². The number of nitrogens with one attached hydrogen (secondary N) is 2. The fraction of sp³-hybridized carbons (Fsp3) is 0.882. The van der Waals surface area contributed by atoms with Crippen LogP contribution < -0.4 is 10.6 Å². The minimum absolute atomic E-state index is 0. The number of ether oxygens (including phenoxy) is 1. The largest absolute Gasteiger partial charge is 0.511 e. The van der Waals surface area contributed by atoms with Crippen LogP contribution in [-0.4, -0.2) is 69.5 Å². The maximum Gasteiger partial charge on any atom is 0.511 e. The van der Waals surface area contributed by atoms with Gasteiger partial charge in [-0.1, -0.05) is 12.8 Å². The molecule has 0 aliphatic carbocycles. The van der Waals surface area contributed by atoms with E-state index in [1.165, 1.54) is 7.11 Å². The van der Waals surface area contributed by atoms with Crippen molar-refractivity contribution in [3.05, 3.63) is 0 Å². The first-order chi connectivity index (χ1) is 13.6. The van der Waals surface area contributed by atoms with Gasteiger partial charge in [-0.2, -0.15) is 17.5 Å². The van der Waals surface area contributed by atoms with E-state index in [0.29, 0.717) is 29.8 Å². The molecule has 1 rings (SSSR count). The van der Waals surface area contributed by atoms with E-state index in [4.69, 9.17) is 0 Å². The van der Waals surface area contributed by atoms with Crippen molar-refractivity contribution in [1.82, 2.24) is 14.9 Å². The highest BCUT2D eigenvalue weighted by molar-refractivity contribution is 14.0. The van der Waals surface area contributed by atoms with Gasteiger partial charge in [-0.15, -0.1) is 24.0 Å². The lowest BCUT2D eigenvalue weighted by Gasteiger charge is -2.32. The van der Waals surface area contributed by atoms with Crippen LogP contribution in [-0.2, 0) is 19.6 Å². The molecule has 0 aromatic carbocycles. The van der Waals surface area contributed by atoms with Gasteiger partial charge in [0.2, 0.25) is 0 Å². The number of piperidine rings is 1. The molecule has 1 fully saturated rings. The molecule has 0 spiro atoms. The van der Waals surface area contributed by atoms with Gasteiger partial charge in [0.1, 0.15) is 0 Å². The second-order valence-corrected chi connectivity index (χ2v) is 8.70. The summed E-state index contributed by atoms with van der Waals surface area (Å²) in [5, 5.41) is 6.25. The summed E-state index contributed by atoms with van der Waals surface area (Å²) in [5.41, 5.74) is -5.26. The Kier molecular flexibility index (Phi) is 13.9. The number of halogens is 4. The highest BCUT2D eigenvalue weighted by atomic mass is 127. The highest BCUT2D eigenvalue weighted by Crippen LogP contribution is 2.28. The SMILES string of the molecule is CCNC(=NCCCCCCC(=O)OC)NC1CCN(S(=O)(=O)C(F)(F)F)CC1.I. The van der Waals surface area contributed by atoms with E-state index in [9.17, 15) is 26.4 Å². The van der Waals surface area contributed by atoms with Gasteiger partial charge in [0.05, 0.1) is 7.11 Å². The molecule has 1 saturated heterocycles. The third kappa shape index (κ3) is 9.98. The first-order valence-corrected chi connectivity index (χ1v) is 11.2. The van der Waals surface area contributed by atoms with Gasteiger partial charge >= 0.3 is 21.5 Å². The summed E-state index contributed by atoms with van der Waals surface area (Å²) in [6.45, 7) is 2.75. The number of aliphatic imine (C=N–C) groups is 1. The predicted octanol–water partition coefficient (Wildman–Crippen LogP) is 2.60. The minimum atomic E-state index is -5.26. The minimum Gasteiger partial charge on any atom is -0.469 e. The molecule has 0 aromatic heterocycles. The zero-order chi connectivity index (χ0) is 21.9. The second-order valence-electron chi connectivity index (χ2n) is 6.77. The van der Waals surface area contributed by atoms with Gasteiger partial charge in [-0.05, 0) is 32.6 Å². The maximum atomic E-state index is 12.6. The lowest BCUT2D eigenvalue weighted by molar-refractivity contribution is -0.140. The van der Waals surface area contributed by atoms with Crippen LogP contribution in [0.1, 0.15) is 51.9 Å². The fourth-order valence-corrected chi connectivity index (χ4v) is 3.91. The van der Waals surface area contributed by atoms with Crippen molar-refractivity contribution in [2.75, 3.05) is 33.3 Å². The molecule has 0 saturated carbocycles. The number of carbonyl (C=O) groups excluding carboxylic acids is 1. The van der Waals surface area contributed by atoms with Crippen molar-refractivity contribution in [2.24, 2.45) is 4.99 Å². The third-order valence-electron chi connectivity index (χ3n) is 4.56. The Labute approximate surface area is 193 Å². The number of hydrogen-bond acceptors (Lipinski definition) is 5. The average Bonchev–Trinajstić information content (AvgIpc) is 2.66. The van der Waals surface area contributed by atoms with Crippen molar-refractivity contribution >= 4 is 45.9 Å². The van der Waals surface area contributed by atoms with Crippen LogP contribution in [0.15, 0.2) is 4.99 Å². The van der Waals surface area contributed by atoms with Crippen LogP contribution in [0, 0.1) is 0 Å². The van der Waals surface area contributed by atoms with Gasteiger partial charge in [0, 0.05) is 38.6 Å². The van der Waals surface area contributed by atoms with Crippen molar-refractivity contribution in [2.45, 2.75) is 63.4 Å². The summed E-state index contributed by atoms with van der Waals surface area (Å²) < 4.78 is 65.9. The lowest BCUT2D eigenvalue weighted by Crippen LogP contribution is -2.51. The predicted molar refractivity (Wildman–Crippen MR) is 119 cm³/mol. The van der Waals surface area contributed by atoms with E-state index in [1.54, 1.807) is 0 Å². The van der Waals surface area contributed by atoms with E-state index in [2.05, 4.69) is 20.4 Å². The lowest BCUT2D eigenvalue weighted by atomic mass is 10.1. The van der Waals surface area contributed by atoms with Crippen LogP contribution in [0.3, 0.4) is 0 Å². The number of unbranched alkanes of at least 4 members (excludes halogenated alkanes) is 3. The van der Waals surface area contributed by atoms with Crippen molar-refractivity contribution in [3.63, 3.8) is 0 Å². The summed E-state index contributed by atoms with van der Waals surface area (Å²) in [4.78, 5) is 15.5. The Hall–Kier alpha value is -0.830. The number of carbonyl (C=O) groups is 1. The monoisotopic (exact) mass is 572 g/mol. The van der Waals surface area contributed by atoms with Gasteiger partial charge in [0.15, 0.2) is 5.96 Å². The molecule has 0 amide bonds. The molecule has 0 unspecified atom stereocenters. The van der Waals surface area contributed by atoms with Crippen LogP contribution >= 0.6 is 24.0 Å². The molecule has 8 nitrogen and oxygen atoms in total. The number of nitrogens with zero attached hydrogens (tertiary/aromatic N) is 2. The summed E-state index contributed by atoms with van der Waals surface area (Å²) in [5.74, 6) is 0.356. The molecule has 0 aromatic rings.